The van der Waals surface area contributed by atoms with Gasteiger partial charge in [0.05, 0.1) is 0 Å². The van der Waals surface area contributed by atoms with Crippen LogP contribution in [-0.2, 0) is 25.7 Å². The third kappa shape index (κ3) is 5.11. The van der Waals surface area contributed by atoms with Gasteiger partial charge >= 0.3 is 0 Å². The van der Waals surface area contributed by atoms with Crippen molar-refractivity contribution in [1.82, 2.24) is 0 Å². The fraction of sp³-hybridized carbons (Fsp3) is 0.500. The van der Waals surface area contributed by atoms with Gasteiger partial charge in [-0.1, -0.05) is 71.6 Å². The Labute approximate surface area is 154 Å². The molecule has 2 aromatic carbocycles. The fourth-order valence-corrected chi connectivity index (χ4v) is 3.69. The van der Waals surface area contributed by atoms with Crippen molar-refractivity contribution in [3.63, 3.8) is 0 Å². The normalized spacial score (nSPS) is 10.9. The van der Waals surface area contributed by atoms with E-state index in [-0.39, 0.29) is 0 Å². The van der Waals surface area contributed by atoms with Gasteiger partial charge in [0, 0.05) is 0 Å². The highest BCUT2D eigenvalue weighted by molar-refractivity contribution is 5.51. The minimum absolute atomic E-state index is 0.938. The first kappa shape index (κ1) is 19.6. The van der Waals surface area contributed by atoms with Gasteiger partial charge in [0.15, 0.2) is 0 Å². The second kappa shape index (κ2) is 10.3. The van der Waals surface area contributed by atoms with Crippen LogP contribution < -0.4 is 4.74 Å². The van der Waals surface area contributed by atoms with E-state index in [0.29, 0.717) is 0 Å². The fourth-order valence-electron chi connectivity index (χ4n) is 3.69. The van der Waals surface area contributed by atoms with E-state index < -0.39 is 0 Å². The molecule has 25 heavy (non-hydrogen) atoms. The SMILES string of the molecule is CCCc1cc(Oc2ccccc2)c(CCC)c(CCC)c1CCC. The second-order valence-corrected chi connectivity index (χ2v) is 6.88. The van der Waals surface area contributed by atoms with Crippen molar-refractivity contribution in [2.45, 2.75) is 79.1 Å². The van der Waals surface area contributed by atoms with E-state index in [2.05, 4.69) is 45.9 Å². The van der Waals surface area contributed by atoms with Gasteiger partial charge in [0.25, 0.3) is 0 Å². The van der Waals surface area contributed by atoms with Crippen LogP contribution in [0.25, 0.3) is 0 Å². The van der Waals surface area contributed by atoms with Gasteiger partial charge in [-0.25, -0.2) is 0 Å². The molecule has 136 valence electrons. The van der Waals surface area contributed by atoms with Crippen LogP contribution in [0, 0.1) is 0 Å². The average Bonchev–Trinajstić information content (AvgIpc) is 2.62. The summed E-state index contributed by atoms with van der Waals surface area (Å²) in [5, 5.41) is 0. The quantitative estimate of drug-likeness (QED) is 0.442. The maximum atomic E-state index is 6.37. The Kier molecular flexibility index (Phi) is 8.04. The molecule has 0 saturated heterocycles. The Hall–Kier alpha value is -1.76. The van der Waals surface area contributed by atoms with Gasteiger partial charge in [-0.3, -0.25) is 0 Å². The lowest BCUT2D eigenvalue weighted by Gasteiger charge is -2.22. The van der Waals surface area contributed by atoms with E-state index in [0.717, 1.165) is 37.2 Å². The van der Waals surface area contributed by atoms with E-state index in [1.165, 1.54) is 36.8 Å². The summed E-state index contributed by atoms with van der Waals surface area (Å²) < 4.78 is 6.37. The minimum Gasteiger partial charge on any atom is -0.457 e. The Morgan fingerprint density at radius 1 is 0.640 bits per heavy atom. The molecule has 0 bridgehead atoms. The van der Waals surface area contributed by atoms with Crippen molar-refractivity contribution in [1.29, 1.82) is 0 Å². The average molecular weight is 339 g/mol. The highest BCUT2D eigenvalue weighted by Gasteiger charge is 2.18. The highest BCUT2D eigenvalue weighted by atomic mass is 16.5. The van der Waals surface area contributed by atoms with E-state index in [1.807, 2.05) is 18.2 Å². The molecule has 0 radical (unpaired) electrons. The largest absolute Gasteiger partial charge is 0.457 e. The van der Waals surface area contributed by atoms with Crippen LogP contribution in [-0.4, -0.2) is 0 Å². The lowest BCUT2D eigenvalue weighted by molar-refractivity contribution is 0.473. The first-order valence-corrected chi connectivity index (χ1v) is 10.1. The summed E-state index contributed by atoms with van der Waals surface area (Å²) in [7, 11) is 0. The Morgan fingerprint density at radius 2 is 1.20 bits per heavy atom. The first-order valence-electron chi connectivity index (χ1n) is 10.1. The van der Waals surface area contributed by atoms with Crippen molar-refractivity contribution < 1.29 is 4.74 Å². The second-order valence-electron chi connectivity index (χ2n) is 6.88. The van der Waals surface area contributed by atoms with Crippen LogP contribution in [0.1, 0.15) is 75.6 Å². The Morgan fingerprint density at radius 3 is 1.80 bits per heavy atom. The summed E-state index contributed by atoms with van der Waals surface area (Å²) in [6.07, 6.45) is 9.32. The van der Waals surface area contributed by atoms with Crippen LogP contribution in [0.4, 0.5) is 0 Å². The first-order chi connectivity index (χ1) is 12.2. The molecule has 0 spiro atoms. The standard InChI is InChI=1S/C24H34O/c1-5-12-19-18-24(25-20-16-10-9-11-17-20)23(15-8-4)22(14-7-3)21(19)13-6-2/h9-11,16-18H,5-8,12-15H2,1-4H3. The van der Waals surface area contributed by atoms with Gasteiger partial charge in [-0.15, -0.1) is 0 Å². The molecule has 0 aliphatic heterocycles. The van der Waals surface area contributed by atoms with Crippen molar-refractivity contribution in [2.75, 3.05) is 0 Å². The van der Waals surface area contributed by atoms with Crippen LogP contribution in [0.3, 0.4) is 0 Å². The minimum atomic E-state index is 0.938. The Balaban J connectivity index is 2.58. The monoisotopic (exact) mass is 338 g/mol. The number of aryl methyl sites for hydroxylation is 1. The number of benzene rings is 2. The van der Waals surface area contributed by atoms with Gasteiger partial charge in [-0.2, -0.15) is 0 Å². The molecule has 0 amide bonds. The van der Waals surface area contributed by atoms with E-state index in [1.54, 1.807) is 11.1 Å². The maximum absolute atomic E-state index is 6.37. The molecular weight excluding hydrogens is 304 g/mol. The maximum Gasteiger partial charge on any atom is 0.131 e. The van der Waals surface area contributed by atoms with Gasteiger partial charge in [0.2, 0.25) is 0 Å². The van der Waals surface area contributed by atoms with E-state index in [4.69, 9.17) is 4.74 Å². The predicted molar refractivity (Wildman–Crippen MR) is 109 cm³/mol. The zero-order chi connectivity index (χ0) is 18.1. The molecule has 0 saturated carbocycles. The summed E-state index contributed by atoms with van der Waals surface area (Å²) in [5.74, 6) is 2.02. The summed E-state index contributed by atoms with van der Waals surface area (Å²) in [6.45, 7) is 9.11. The zero-order valence-electron chi connectivity index (χ0n) is 16.5. The van der Waals surface area contributed by atoms with Crippen molar-refractivity contribution in [3.8, 4) is 11.5 Å². The zero-order valence-corrected chi connectivity index (χ0v) is 16.5. The summed E-state index contributed by atoms with van der Waals surface area (Å²) in [4.78, 5) is 0. The lowest BCUT2D eigenvalue weighted by Crippen LogP contribution is -2.07. The summed E-state index contributed by atoms with van der Waals surface area (Å²) in [6, 6.07) is 12.6. The lowest BCUT2D eigenvalue weighted by atomic mass is 9.86. The van der Waals surface area contributed by atoms with Gasteiger partial charge in [-0.05, 0) is 66.1 Å². The third-order valence-electron chi connectivity index (χ3n) is 4.71. The molecule has 0 aliphatic carbocycles. The molecular formula is C24H34O. The van der Waals surface area contributed by atoms with Crippen LogP contribution in [0.2, 0.25) is 0 Å². The van der Waals surface area contributed by atoms with Crippen molar-refractivity contribution in [3.05, 3.63) is 58.7 Å². The molecule has 0 aromatic heterocycles. The molecule has 1 nitrogen and oxygen atoms in total. The molecule has 0 heterocycles. The number of rotatable bonds is 10. The highest BCUT2D eigenvalue weighted by Crippen LogP contribution is 2.35. The molecule has 0 unspecified atom stereocenters. The Bertz CT molecular complexity index is 643. The molecule has 0 N–H and O–H groups in total. The molecule has 0 fully saturated rings. The molecule has 2 aromatic rings. The molecule has 2 rings (SSSR count). The van der Waals surface area contributed by atoms with E-state index >= 15 is 0 Å². The van der Waals surface area contributed by atoms with Crippen molar-refractivity contribution in [2.24, 2.45) is 0 Å². The molecule has 1 heteroatoms. The van der Waals surface area contributed by atoms with E-state index in [9.17, 15) is 0 Å². The molecule has 0 aliphatic rings. The smallest absolute Gasteiger partial charge is 0.131 e. The number of hydrogen-bond acceptors (Lipinski definition) is 1. The van der Waals surface area contributed by atoms with Crippen LogP contribution >= 0.6 is 0 Å². The van der Waals surface area contributed by atoms with Gasteiger partial charge < -0.3 is 4.74 Å². The predicted octanol–water partition coefficient (Wildman–Crippen LogP) is 7.29. The number of ether oxygens (including phenoxy) is 1. The summed E-state index contributed by atoms with van der Waals surface area (Å²) >= 11 is 0. The number of para-hydroxylation sites is 1. The van der Waals surface area contributed by atoms with Crippen molar-refractivity contribution >= 4 is 0 Å². The van der Waals surface area contributed by atoms with Crippen LogP contribution in [0.15, 0.2) is 36.4 Å². The third-order valence-corrected chi connectivity index (χ3v) is 4.71. The topological polar surface area (TPSA) is 9.23 Å². The van der Waals surface area contributed by atoms with Crippen LogP contribution in [0.5, 0.6) is 11.5 Å². The molecule has 0 atom stereocenters. The van der Waals surface area contributed by atoms with Gasteiger partial charge in [0.1, 0.15) is 11.5 Å². The summed E-state index contributed by atoms with van der Waals surface area (Å²) in [5.41, 5.74) is 6.12. The number of hydrogen-bond donors (Lipinski definition) is 0.